The quantitative estimate of drug-likeness (QED) is 0.427. The zero-order valence-corrected chi connectivity index (χ0v) is 18.7. The molecule has 4 aromatic rings. The van der Waals surface area contributed by atoms with Crippen molar-refractivity contribution in [3.8, 4) is 17.1 Å². The van der Waals surface area contributed by atoms with Crippen molar-refractivity contribution in [2.24, 2.45) is 0 Å². The summed E-state index contributed by atoms with van der Waals surface area (Å²) in [7, 11) is 0. The zero-order valence-electron chi connectivity index (χ0n) is 17.9. The molecule has 0 aliphatic heterocycles. The van der Waals surface area contributed by atoms with Crippen LogP contribution in [0.3, 0.4) is 0 Å². The Bertz CT molecular complexity index is 1290. The summed E-state index contributed by atoms with van der Waals surface area (Å²) >= 11 is 6.19. The van der Waals surface area contributed by atoms with Crippen molar-refractivity contribution in [3.63, 3.8) is 0 Å². The van der Waals surface area contributed by atoms with E-state index in [0.29, 0.717) is 16.5 Å². The number of hydrogen-bond donors (Lipinski definition) is 1. The van der Waals surface area contributed by atoms with Crippen LogP contribution in [0.25, 0.3) is 17.1 Å². The Morgan fingerprint density at radius 1 is 0.935 bits per heavy atom. The summed E-state index contributed by atoms with van der Waals surface area (Å²) in [4.78, 5) is 17.6. The van der Waals surface area contributed by atoms with Crippen LogP contribution in [0.5, 0.6) is 0 Å². The lowest BCUT2D eigenvalue weighted by atomic mass is 10.1. The molecule has 0 radical (unpaired) electrons. The van der Waals surface area contributed by atoms with Crippen molar-refractivity contribution in [2.75, 3.05) is 5.32 Å². The van der Waals surface area contributed by atoms with E-state index in [1.54, 1.807) is 10.7 Å². The van der Waals surface area contributed by atoms with E-state index < -0.39 is 5.91 Å². The minimum absolute atomic E-state index is 0.0918. The van der Waals surface area contributed by atoms with Crippen LogP contribution in [0, 0.1) is 27.7 Å². The number of aromatic nitrogens is 3. The van der Waals surface area contributed by atoms with Crippen LogP contribution in [0.4, 0.5) is 5.69 Å². The second-order valence-corrected chi connectivity index (χ2v) is 8.08. The summed E-state index contributed by atoms with van der Waals surface area (Å²) in [5, 5.41) is 8.02. The highest BCUT2D eigenvalue weighted by atomic mass is 35.5. The van der Waals surface area contributed by atoms with E-state index in [9.17, 15) is 4.79 Å². The molecule has 0 aliphatic rings. The van der Waals surface area contributed by atoms with Crippen LogP contribution in [0.1, 0.15) is 32.9 Å². The molecule has 0 fully saturated rings. The summed E-state index contributed by atoms with van der Waals surface area (Å²) in [6.07, 6.45) is 0. The third-order valence-electron chi connectivity index (χ3n) is 5.32. The van der Waals surface area contributed by atoms with Gasteiger partial charge in [-0.2, -0.15) is 0 Å². The Labute approximate surface area is 186 Å². The Hall–Kier alpha value is -3.44. The van der Waals surface area contributed by atoms with Crippen LogP contribution in [-0.4, -0.2) is 20.7 Å². The van der Waals surface area contributed by atoms with Gasteiger partial charge in [0.1, 0.15) is 0 Å². The smallest absolute Gasteiger partial charge is 0.295 e. The SMILES string of the molecule is Cc1cccc(-c2nc(C(=O)Nc3ccc(C)c(Cl)c3)nn2-c2cccc(C)c2C)c1. The van der Waals surface area contributed by atoms with Crippen LogP contribution in [0.2, 0.25) is 5.02 Å². The van der Waals surface area contributed by atoms with E-state index in [-0.39, 0.29) is 5.82 Å². The van der Waals surface area contributed by atoms with Gasteiger partial charge in [0.2, 0.25) is 5.82 Å². The number of hydrogen-bond acceptors (Lipinski definition) is 3. The van der Waals surface area contributed by atoms with Gasteiger partial charge in [0.15, 0.2) is 5.82 Å². The summed E-state index contributed by atoms with van der Waals surface area (Å²) in [5.41, 5.74) is 6.65. The Morgan fingerprint density at radius 2 is 1.71 bits per heavy atom. The van der Waals surface area contributed by atoms with Gasteiger partial charge < -0.3 is 5.32 Å². The molecule has 6 heteroatoms. The van der Waals surface area contributed by atoms with Crippen LogP contribution in [-0.2, 0) is 0 Å². The van der Waals surface area contributed by atoms with Crippen LogP contribution < -0.4 is 5.32 Å². The molecule has 0 bridgehead atoms. The molecule has 0 saturated carbocycles. The lowest BCUT2D eigenvalue weighted by Gasteiger charge is -2.11. The number of anilines is 1. The maximum absolute atomic E-state index is 13.0. The molecular formula is C25H23ClN4O. The third-order valence-corrected chi connectivity index (χ3v) is 5.73. The molecule has 1 heterocycles. The molecule has 31 heavy (non-hydrogen) atoms. The van der Waals surface area contributed by atoms with Crippen LogP contribution >= 0.6 is 11.6 Å². The summed E-state index contributed by atoms with van der Waals surface area (Å²) in [5.74, 6) is 0.316. The molecule has 0 aliphatic carbocycles. The normalized spacial score (nSPS) is 10.9. The molecule has 3 aromatic carbocycles. The van der Waals surface area contributed by atoms with E-state index in [0.717, 1.165) is 33.5 Å². The highest BCUT2D eigenvalue weighted by molar-refractivity contribution is 6.31. The maximum atomic E-state index is 13.0. The van der Waals surface area contributed by atoms with Gasteiger partial charge in [0.05, 0.1) is 5.69 Å². The van der Waals surface area contributed by atoms with E-state index >= 15 is 0 Å². The molecule has 1 aromatic heterocycles. The van der Waals surface area contributed by atoms with Crippen molar-refractivity contribution < 1.29 is 4.79 Å². The van der Waals surface area contributed by atoms with Crippen molar-refractivity contribution in [1.82, 2.24) is 14.8 Å². The number of carbonyl (C=O) groups is 1. The first-order chi connectivity index (χ1) is 14.8. The number of nitrogens with zero attached hydrogens (tertiary/aromatic N) is 3. The van der Waals surface area contributed by atoms with Gasteiger partial charge in [0, 0.05) is 16.3 Å². The fraction of sp³-hybridized carbons (Fsp3) is 0.160. The predicted molar refractivity (Wildman–Crippen MR) is 125 cm³/mol. The topological polar surface area (TPSA) is 59.8 Å². The minimum atomic E-state index is -0.391. The second-order valence-electron chi connectivity index (χ2n) is 7.68. The molecule has 0 atom stereocenters. The average molecular weight is 431 g/mol. The standard InChI is InChI=1S/C25H23ClN4O/c1-15-7-5-9-19(13-15)24-28-23(25(31)27-20-12-11-17(3)21(26)14-20)29-30(24)22-10-6-8-16(2)18(22)4/h5-14H,1-4H3,(H,27,31). The first kappa shape index (κ1) is 20.8. The summed E-state index contributed by atoms with van der Waals surface area (Å²) in [6, 6.07) is 19.4. The van der Waals surface area contributed by atoms with E-state index in [1.165, 1.54) is 0 Å². The average Bonchev–Trinajstić information content (AvgIpc) is 3.18. The lowest BCUT2D eigenvalue weighted by Crippen LogP contribution is -2.14. The highest BCUT2D eigenvalue weighted by Crippen LogP contribution is 2.26. The Morgan fingerprint density at radius 3 is 2.45 bits per heavy atom. The number of amides is 1. The maximum Gasteiger partial charge on any atom is 0.295 e. The summed E-state index contributed by atoms with van der Waals surface area (Å²) in [6.45, 7) is 8.03. The first-order valence-electron chi connectivity index (χ1n) is 10.0. The third kappa shape index (κ3) is 4.23. The van der Waals surface area contributed by atoms with Crippen molar-refractivity contribution in [2.45, 2.75) is 27.7 Å². The molecule has 4 rings (SSSR count). The van der Waals surface area contributed by atoms with Gasteiger partial charge in [0.25, 0.3) is 5.91 Å². The molecular weight excluding hydrogens is 408 g/mol. The van der Waals surface area contributed by atoms with Crippen molar-refractivity contribution in [1.29, 1.82) is 0 Å². The highest BCUT2D eigenvalue weighted by Gasteiger charge is 2.20. The monoisotopic (exact) mass is 430 g/mol. The van der Waals surface area contributed by atoms with Gasteiger partial charge in [-0.1, -0.05) is 53.6 Å². The van der Waals surface area contributed by atoms with Gasteiger partial charge in [-0.3, -0.25) is 4.79 Å². The van der Waals surface area contributed by atoms with Crippen LogP contribution in [0.15, 0.2) is 60.7 Å². The fourth-order valence-corrected chi connectivity index (χ4v) is 3.55. The molecule has 5 nitrogen and oxygen atoms in total. The Kier molecular flexibility index (Phi) is 5.61. The fourth-order valence-electron chi connectivity index (χ4n) is 3.37. The number of carbonyl (C=O) groups excluding carboxylic acids is 1. The molecule has 1 amide bonds. The van der Waals surface area contributed by atoms with E-state index in [4.69, 9.17) is 11.6 Å². The Balaban J connectivity index is 1.80. The molecule has 0 saturated heterocycles. The molecule has 0 unspecified atom stereocenters. The predicted octanol–water partition coefficient (Wildman–Crippen LogP) is 6.07. The number of rotatable bonds is 4. The number of nitrogens with one attached hydrogen (secondary N) is 1. The largest absolute Gasteiger partial charge is 0.319 e. The van der Waals surface area contributed by atoms with Gasteiger partial charge in [-0.05, 0) is 68.7 Å². The van der Waals surface area contributed by atoms with Crippen molar-refractivity contribution in [3.05, 3.63) is 93.8 Å². The zero-order chi connectivity index (χ0) is 22.1. The molecule has 0 spiro atoms. The summed E-state index contributed by atoms with van der Waals surface area (Å²) < 4.78 is 1.74. The number of halogens is 1. The lowest BCUT2D eigenvalue weighted by molar-refractivity contribution is 0.101. The van der Waals surface area contributed by atoms with E-state index in [1.807, 2.05) is 69.3 Å². The van der Waals surface area contributed by atoms with Gasteiger partial charge in [-0.25, -0.2) is 9.67 Å². The number of aryl methyl sites for hydroxylation is 3. The van der Waals surface area contributed by atoms with Crippen molar-refractivity contribution >= 4 is 23.2 Å². The first-order valence-corrected chi connectivity index (χ1v) is 10.4. The molecule has 1 N–H and O–H groups in total. The van der Waals surface area contributed by atoms with Gasteiger partial charge in [-0.15, -0.1) is 5.10 Å². The van der Waals surface area contributed by atoms with Gasteiger partial charge >= 0.3 is 0 Å². The number of benzene rings is 3. The van der Waals surface area contributed by atoms with E-state index in [2.05, 4.69) is 28.4 Å². The second kappa shape index (κ2) is 8.36. The minimum Gasteiger partial charge on any atom is -0.319 e. The molecule has 156 valence electrons.